The normalized spacial score (nSPS) is 11.1. The number of guanidine groups is 1. The number of halogens is 1. The second kappa shape index (κ2) is 11.1. The van der Waals surface area contributed by atoms with Crippen LogP contribution in [-0.2, 0) is 19.5 Å². The summed E-state index contributed by atoms with van der Waals surface area (Å²) in [6.07, 6.45) is 5.00. The van der Waals surface area contributed by atoms with Crippen LogP contribution >= 0.6 is 24.0 Å². The highest BCUT2D eigenvalue weighted by molar-refractivity contribution is 14.0. The van der Waals surface area contributed by atoms with Gasteiger partial charge in [-0.25, -0.2) is 0 Å². The van der Waals surface area contributed by atoms with Crippen molar-refractivity contribution in [3.8, 4) is 0 Å². The third-order valence-electron chi connectivity index (χ3n) is 3.90. The van der Waals surface area contributed by atoms with E-state index < -0.39 is 0 Å². The van der Waals surface area contributed by atoms with Crippen LogP contribution in [0.4, 0.5) is 0 Å². The van der Waals surface area contributed by atoms with Gasteiger partial charge in [-0.15, -0.1) is 24.0 Å². The fraction of sp³-hybridized carbons (Fsp3) is 0.474. The van der Waals surface area contributed by atoms with Crippen LogP contribution in [0.2, 0.25) is 0 Å². The topological polar surface area (TPSA) is 45.5 Å². The summed E-state index contributed by atoms with van der Waals surface area (Å²) in [7, 11) is 2.08. The number of aliphatic imine (C=N–C) groups is 1. The summed E-state index contributed by atoms with van der Waals surface area (Å²) in [5.41, 5.74) is 3.85. The van der Waals surface area contributed by atoms with Crippen molar-refractivity contribution in [2.75, 3.05) is 20.1 Å². The van der Waals surface area contributed by atoms with Crippen molar-refractivity contribution in [3.05, 3.63) is 53.3 Å². The Morgan fingerprint density at radius 2 is 1.88 bits per heavy atom. The molecule has 0 unspecified atom stereocenters. The molecule has 0 amide bonds. The molecule has 0 fully saturated rings. The Labute approximate surface area is 168 Å². The summed E-state index contributed by atoms with van der Waals surface area (Å²) >= 11 is 0. The molecular formula is C19H30IN5. The molecule has 0 bridgehead atoms. The first kappa shape index (κ1) is 21.5. The van der Waals surface area contributed by atoms with Gasteiger partial charge in [0.15, 0.2) is 5.96 Å². The fourth-order valence-corrected chi connectivity index (χ4v) is 2.55. The predicted octanol–water partition coefficient (Wildman–Crippen LogP) is 3.47. The summed E-state index contributed by atoms with van der Waals surface area (Å²) in [6.45, 7) is 9.53. The van der Waals surface area contributed by atoms with E-state index in [0.717, 1.165) is 32.0 Å². The van der Waals surface area contributed by atoms with Gasteiger partial charge in [-0.05, 0) is 37.0 Å². The second-order valence-electron chi connectivity index (χ2n) is 6.04. The molecule has 0 spiro atoms. The van der Waals surface area contributed by atoms with E-state index >= 15 is 0 Å². The lowest BCUT2D eigenvalue weighted by Gasteiger charge is -2.22. The lowest BCUT2D eigenvalue weighted by molar-refractivity contribution is 0.474. The first-order valence-corrected chi connectivity index (χ1v) is 8.68. The van der Waals surface area contributed by atoms with Gasteiger partial charge in [0.2, 0.25) is 0 Å². The molecule has 1 aromatic heterocycles. The number of hydrogen-bond acceptors (Lipinski definition) is 2. The molecular weight excluding hydrogens is 425 g/mol. The van der Waals surface area contributed by atoms with Crippen LogP contribution in [-0.4, -0.2) is 40.8 Å². The smallest absolute Gasteiger partial charge is 0.194 e. The molecule has 6 heteroatoms. The number of aryl methyl sites for hydroxylation is 2. The first-order valence-electron chi connectivity index (χ1n) is 8.68. The molecule has 25 heavy (non-hydrogen) atoms. The number of hydrogen-bond donors (Lipinski definition) is 1. The number of nitrogens with one attached hydrogen (secondary N) is 1. The minimum absolute atomic E-state index is 0. The highest BCUT2D eigenvalue weighted by Crippen LogP contribution is 2.07. The molecule has 0 saturated carbocycles. The summed E-state index contributed by atoms with van der Waals surface area (Å²) < 4.78 is 1.94. The van der Waals surface area contributed by atoms with E-state index in [1.165, 1.54) is 16.7 Å². The van der Waals surface area contributed by atoms with Crippen molar-refractivity contribution in [2.24, 2.45) is 4.99 Å². The van der Waals surface area contributed by atoms with Crippen molar-refractivity contribution in [1.29, 1.82) is 0 Å². The molecule has 0 radical (unpaired) electrons. The zero-order valence-electron chi connectivity index (χ0n) is 15.7. The van der Waals surface area contributed by atoms with Gasteiger partial charge in [0, 0.05) is 26.3 Å². The Bertz CT molecular complexity index is 648. The molecule has 0 saturated heterocycles. The maximum Gasteiger partial charge on any atom is 0.194 e. The molecule has 2 rings (SSSR count). The van der Waals surface area contributed by atoms with Gasteiger partial charge in [0.1, 0.15) is 0 Å². The fourth-order valence-electron chi connectivity index (χ4n) is 2.55. The molecule has 0 aliphatic rings. The highest BCUT2D eigenvalue weighted by Gasteiger charge is 2.06. The molecule has 1 N–H and O–H groups in total. The standard InChI is InChI=1S/C19H29N5.HI/c1-5-17-7-9-18(10-8-17)15-23(4)19(20-6-2)21-11-12-24-14-16(3)13-22-24;/h7-10,13-14H,5-6,11-12,15H2,1-4H3,(H,20,21);1H. The molecule has 1 heterocycles. The van der Waals surface area contributed by atoms with E-state index in [1.807, 2.05) is 17.1 Å². The van der Waals surface area contributed by atoms with Crippen molar-refractivity contribution < 1.29 is 0 Å². The van der Waals surface area contributed by atoms with Crippen LogP contribution in [0.25, 0.3) is 0 Å². The van der Waals surface area contributed by atoms with Gasteiger partial charge in [-0.1, -0.05) is 31.2 Å². The monoisotopic (exact) mass is 455 g/mol. The second-order valence-corrected chi connectivity index (χ2v) is 6.04. The van der Waals surface area contributed by atoms with Crippen LogP contribution < -0.4 is 5.32 Å². The van der Waals surface area contributed by atoms with Crippen LogP contribution in [0.3, 0.4) is 0 Å². The molecule has 5 nitrogen and oxygen atoms in total. The van der Waals surface area contributed by atoms with E-state index in [2.05, 4.69) is 67.4 Å². The van der Waals surface area contributed by atoms with Crippen LogP contribution in [0.5, 0.6) is 0 Å². The third-order valence-corrected chi connectivity index (χ3v) is 3.90. The van der Waals surface area contributed by atoms with Gasteiger partial charge in [-0.2, -0.15) is 5.10 Å². The summed E-state index contributed by atoms with van der Waals surface area (Å²) in [5, 5.41) is 7.66. The SMILES string of the molecule is CCNC(=NCCn1cc(C)cn1)N(C)Cc1ccc(CC)cc1.I. The maximum absolute atomic E-state index is 4.72. The summed E-state index contributed by atoms with van der Waals surface area (Å²) in [4.78, 5) is 6.88. The number of rotatable bonds is 7. The van der Waals surface area contributed by atoms with E-state index in [4.69, 9.17) is 4.99 Å². The average Bonchev–Trinajstić information content (AvgIpc) is 3.00. The molecule has 0 aliphatic heterocycles. The first-order chi connectivity index (χ1) is 11.6. The Balaban J connectivity index is 0.00000312. The Morgan fingerprint density at radius 1 is 1.20 bits per heavy atom. The number of nitrogens with zero attached hydrogens (tertiary/aromatic N) is 4. The molecule has 0 aliphatic carbocycles. The Morgan fingerprint density at radius 3 is 2.44 bits per heavy atom. The van der Waals surface area contributed by atoms with E-state index in [9.17, 15) is 0 Å². The zero-order chi connectivity index (χ0) is 17.4. The van der Waals surface area contributed by atoms with Gasteiger partial charge < -0.3 is 10.2 Å². The predicted molar refractivity (Wildman–Crippen MR) is 116 cm³/mol. The van der Waals surface area contributed by atoms with E-state index in [1.54, 1.807) is 0 Å². The van der Waals surface area contributed by atoms with E-state index in [0.29, 0.717) is 6.54 Å². The molecule has 138 valence electrons. The third kappa shape index (κ3) is 7.05. The van der Waals surface area contributed by atoms with Gasteiger partial charge in [0.25, 0.3) is 0 Å². The number of benzene rings is 1. The maximum atomic E-state index is 4.72. The minimum atomic E-state index is 0. The van der Waals surface area contributed by atoms with Crippen molar-refractivity contribution >= 4 is 29.9 Å². The molecule has 2 aromatic rings. The van der Waals surface area contributed by atoms with Crippen molar-refractivity contribution in [2.45, 2.75) is 40.3 Å². The Kier molecular flexibility index (Phi) is 9.55. The van der Waals surface area contributed by atoms with Crippen LogP contribution in [0, 0.1) is 6.92 Å². The van der Waals surface area contributed by atoms with Crippen LogP contribution in [0.1, 0.15) is 30.5 Å². The summed E-state index contributed by atoms with van der Waals surface area (Å²) in [6, 6.07) is 8.80. The van der Waals surface area contributed by atoms with Gasteiger partial charge >= 0.3 is 0 Å². The number of aromatic nitrogens is 2. The molecule has 1 aromatic carbocycles. The lowest BCUT2D eigenvalue weighted by atomic mass is 10.1. The van der Waals surface area contributed by atoms with Gasteiger partial charge in [-0.3, -0.25) is 9.67 Å². The largest absolute Gasteiger partial charge is 0.357 e. The zero-order valence-corrected chi connectivity index (χ0v) is 18.0. The average molecular weight is 455 g/mol. The lowest BCUT2D eigenvalue weighted by Crippen LogP contribution is -2.38. The summed E-state index contributed by atoms with van der Waals surface area (Å²) in [5.74, 6) is 0.931. The minimum Gasteiger partial charge on any atom is -0.357 e. The quantitative estimate of drug-likeness (QED) is 0.395. The van der Waals surface area contributed by atoms with Crippen molar-refractivity contribution in [1.82, 2.24) is 20.0 Å². The van der Waals surface area contributed by atoms with Crippen LogP contribution in [0.15, 0.2) is 41.7 Å². The van der Waals surface area contributed by atoms with Gasteiger partial charge in [0.05, 0.1) is 19.3 Å². The van der Waals surface area contributed by atoms with Crippen molar-refractivity contribution in [3.63, 3.8) is 0 Å². The molecule has 0 atom stereocenters. The van der Waals surface area contributed by atoms with E-state index in [-0.39, 0.29) is 24.0 Å². The highest BCUT2D eigenvalue weighted by atomic mass is 127. The Hall–Kier alpha value is -1.57.